The van der Waals surface area contributed by atoms with Gasteiger partial charge in [-0.1, -0.05) is 0 Å². The monoisotopic (exact) mass is 351 g/mol. The summed E-state index contributed by atoms with van der Waals surface area (Å²) in [5.41, 5.74) is 0.585. The van der Waals surface area contributed by atoms with Gasteiger partial charge in [-0.25, -0.2) is 30.4 Å². The predicted octanol–water partition coefficient (Wildman–Crippen LogP) is 3.28. The fourth-order valence-electron chi connectivity index (χ4n) is 1.86. The van der Waals surface area contributed by atoms with Crippen LogP contribution >= 0.6 is 0 Å². The van der Waals surface area contributed by atoms with Gasteiger partial charge in [-0.15, -0.1) is 0 Å². The van der Waals surface area contributed by atoms with Crippen LogP contribution in [0.25, 0.3) is 0 Å². The summed E-state index contributed by atoms with van der Waals surface area (Å²) in [5, 5.41) is 0. The number of anilines is 1. The van der Waals surface area contributed by atoms with Crippen molar-refractivity contribution in [2.75, 3.05) is 19.0 Å². The molecule has 3 nitrogen and oxygen atoms in total. The first-order valence-corrected chi connectivity index (χ1v) is 7.61. The lowest BCUT2D eigenvalue weighted by molar-refractivity contribution is 0.357. The van der Waals surface area contributed by atoms with Crippen molar-refractivity contribution >= 4 is 15.5 Å². The molecule has 0 radical (unpaired) electrons. The molecule has 124 valence electrons. The van der Waals surface area contributed by atoms with Crippen molar-refractivity contribution in [3.8, 4) is 0 Å². The standard InChI is InChI=1S/C14H10F5NO2S/c1-20(2)7-3-5-8(6-4-7)23(21,22)14-12(18)10(16)9(15)11(17)13(14)19/h3-6H,1-2H3. The van der Waals surface area contributed by atoms with Gasteiger partial charge in [-0.3, -0.25) is 0 Å². The Hall–Kier alpha value is -2.16. The number of sulfone groups is 1. The lowest BCUT2D eigenvalue weighted by Gasteiger charge is -2.13. The normalized spacial score (nSPS) is 11.6. The molecule has 0 bridgehead atoms. The van der Waals surface area contributed by atoms with E-state index >= 15 is 0 Å². The van der Waals surface area contributed by atoms with Crippen molar-refractivity contribution in [2.45, 2.75) is 9.79 Å². The van der Waals surface area contributed by atoms with E-state index in [0.29, 0.717) is 5.69 Å². The van der Waals surface area contributed by atoms with Gasteiger partial charge in [-0.05, 0) is 24.3 Å². The van der Waals surface area contributed by atoms with Crippen LogP contribution in [0.5, 0.6) is 0 Å². The summed E-state index contributed by atoms with van der Waals surface area (Å²) < 4.78 is 91.2. The number of benzene rings is 2. The van der Waals surface area contributed by atoms with Crippen LogP contribution in [-0.4, -0.2) is 22.5 Å². The molecule has 0 aliphatic rings. The van der Waals surface area contributed by atoms with Gasteiger partial charge in [0.25, 0.3) is 0 Å². The topological polar surface area (TPSA) is 37.4 Å². The Morgan fingerprint density at radius 2 is 1.13 bits per heavy atom. The van der Waals surface area contributed by atoms with E-state index < -0.39 is 48.7 Å². The molecule has 0 heterocycles. The summed E-state index contributed by atoms with van der Waals surface area (Å²) in [5.74, 6) is -11.8. The van der Waals surface area contributed by atoms with Crippen molar-refractivity contribution in [2.24, 2.45) is 0 Å². The van der Waals surface area contributed by atoms with Crippen LogP contribution in [0.2, 0.25) is 0 Å². The smallest absolute Gasteiger partial charge is 0.212 e. The molecular weight excluding hydrogens is 341 g/mol. The van der Waals surface area contributed by atoms with Crippen LogP contribution in [0, 0.1) is 29.1 Å². The highest BCUT2D eigenvalue weighted by molar-refractivity contribution is 7.91. The lowest BCUT2D eigenvalue weighted by atomic mass is 10.3. The summed E-state index contributed by atoms with van der Waals surface area (Å²) in [6.45, 7) is 0. The van der Waals surface area contributed by atoms with E-state index in [9.17, 15) is 30.4 Å². The van der Waals surface area contributed by atoms with Crippen LogP contribution < -0.4 is 4.90 Å². The minimum Gasteiger partial charge on any atom is -0.378 e. The van der Waals surface area contributed by atoms with Gasteiger partial charge < -0.3 is 4.90 Å². The van der Waals surface area contributed by atoms with E-state index in [2.05, 4.69) is 0 Å². The van der Waals surface area contributed by atoms with E-state index in [4.69, 9.17) is 0 Å². The number of hydrogen-bond donors (Lipinski definition) is 0. The highest BCUT2D eigenvalue weighted by Gasteiger charge is 2.34. The van der Waals surface area contributed by atoms with Crippen molar-refractivity contribution in [1.29, 1.82) is 0 Å². The zero-order chi connectivity index (χ0) is 17.5. The van der Waals surface area contributed by atoms with Gasteiger partial charge in [0.05, 0.1) is 4.90 Å². The van der Waals surface area contributed by atoms with Crippen LogP contribution in [0.3, 0.4) is 0 Å². The third-order valence-corrected chi connectivity index (χ3v) is 4.89. The summed E-state index contributed by atoms with van der Waals surface area (Å²) in [4.78, 5) is -0.827. The van der Waals surface area contributed by atoms with Crippen molar-refractivity contribution in [1.82, 2.24) is 0 Å². The van der Waals surface area contributed by atoms with Gasteiger partial charge in [0.2, 0.25) is 15.7 Å². The minimum absolute atomic E-state index is 0.585. The second kappa shape index (κ2) is 5.80. The molecule has 0 aromatic heterocycles. The van der Waals surface area contributed by atoms with E-state index in [1.54, 1.807) is 19.0 Å². The number of hydrogen-bond acceptors (Lipinski definition) is 3. The van der Waals surface area contributed by atoms with Gasteiger partial charge >= 0.3 is 0 Å². The molecule has 0 fully saturated rings. The summed E-state index contributed by atoms with van der Waals surface area (Å²) in [6.07, 6.45) is 0. The van der Waals surface area contributed by atoms with Gasteiger partial charge in [0.15, 0.2) is 23.3 Å². The van der Waals surface area contributed by atoms with E-state index in [1.807, 2.05) is 0 Å². The molecule has 0 atom stereocenters. The summed E-state index contributed by atoms with van der Waals surface area (Å²) in [6, 6.07) is 4.70. The second-order valence-corrected chi connectivity index (χ2v) is 6.68. The average molecular weight is 351 g/mol. The molecule has 0 amide bonds. The first kappa shape index (κ1) is 17.2. The van der Waals surface area contributed by atoms with Crippen molar-refractivity contribution in [3.63, 3.8) is 0 Å². The van der Waals surface area contributed by atoms with Crippen LogP contribution in [0.4, 0.5) is 27.6 Å². The fraction of sp³-hybridized carbons (Fsp3) is 0.143. The van der Waals surface area contributed by atoms with Gasteiger partial charge in [0, 0.05) is 19.8 Å². The molecule has 0 aliphatic carbocycles. The summed E-state index contributed by atoms with van der Waals surface area (Å²) in [7, 11) is -1.57. The third kappa shape index (κ3) is 2.76. The number of nitrogens with zero attached hydrogens (tertiary/aromatic N) is 1. The zero-order valence-corrected chi connectivity index (χ0v) is 12.7. The van der Waals surface area contributed by atoms with Crippen molar-refractivity contribution in [3.05, 3.63) is 53.4 Å². The minimum atomic E-state index is -4.92. The maximum Gasteiger partial charge on any atom is 0.212 e. The average Bonchev–Trinajstić information content (AvgIpc) is 2.51. The number of halogens is 5. The fourth-order valence-corrected chi connectivity index (χ4v) is 3.24. The Balaban J connectivity index is 2.70. The molecule has 0 N–H and O–H groups in total. The van der Waals surface area contributed by atoms with E-state index in [-0.39, 0.29) is 0 Å². The molecular formula is C14H10F5NO2S. The van der Waals surface area contributed by atoms with Gasteiger partial charge in [-0.2, -0.15) is 0 Å². The maximum absolute atomic E-state index is 13.7. The summed E-state index contributed by atoms with van der Waals surface area (Å²) >= 11 is 0. The highest BCUT2D eigenvalue weighted by Crippen LogP contribution is 2.31. The zero-order valence-electron chi connectivity index (χ0n) is 11.9. The second-order valence-electron chi connectivity index (χ2n) is 4.79. The first-order chi connectivity index (χ1) is 10.6. The Morgan fingerprint density at radius 1 is 0.739 bits per heavy atom. The molecule has 2 aromatic rings. The first-order valence-electron chi connectivity index (χ1n) is 6.13. The molecule has 0 saturated carbocycles. The van der Waals surface area contributed by atoms with Crippen molar-refractivity contribution < 1.29 is 30.4 Å². The highest BCUT2D eigenvalue weighted by atomic mass is 32.2. The molecule has 0 unspecified atom stereocenters. The largest absolute Gasteiger partial charge is 0.378 e. The van der Waals surface area contributed by atoms with Crippen LogP contribution in [0.15, 0.2) is 34.1 Å². The SMILES string of the molecule is CN(C)c1ccc(S(=O)(=O)c2c(F)c(F)c(F)c(F)c2F)cc1. The molecule has 0 saturated heterocycles. The predicted molar refractivity (Wildman–Crippen MR) is 72.5 cm³/mol. The van der Waals surface area contributed by atoms with E-state index in [1.165, 1.54) is 12.1 Å². The molecule has 23 heavy (non-hydrogen) atoms. The maximum atomic E-state index is 13.7. The van der Waals surface area contributed by atoms with Crippen LogP contribution in [-0.2, 0) is 9.84 Å². The Morgan fingerprint density at radius 3 is 1.52 bits per heavy atom. The lowest BCUT2D eigenvalue weighted by Crippen LogP contribution is -2.14. The Labute approximate surface area is 128 Å². The molecule has 2 aromatic carbocycles. The Bertz CT molecular complexity index is 835. The number of rotatable bonds is 3. The van der Waals surface area contributed by atoms with Crippen LogP contribution in [0.1, 0.15) is 0 Å². The van der Waals surface area contributed by atoms with E-state index in [0.717, 1.165) is 12.1 Å². The van der Waals surface area contributed by atoms with Gasteiger partial charge in [0.1, 0.15) is 4.90 Å². The molecule has 0 aliphatic heterocycles. The molecule has 0 spiro atoms. The quantitative estimate of drug-likeness (QED) is 0.369. The third-order valence-electron chi connectivity index (χ3n) is 3.10. The molecule has 2 rings (SSSR count). The molecule has 9 heteroatoms. The Kier molecular flexibility index (Phi) is 4.34.